The molecule has 0 spiro atoms. The molecular formula is C13H9N3O2S. The maximum Gasteiger partial charge on any atom is 0.345 e. The molecule has 3 heterocycles. The van der Waals surface area contributed by atoms with Gasteiger partial charge in [-0.05, 0) is 25.1 Å². The lowest BCUT2D eigenvalue weighted by Gasteiger charge is -2.01. The fourth-order valence-electron chi connectivity index (χ4n) is 1.84. The van der Waals surface area contributed by atoms with Crippen molar-refractivity contribution in [3.05, 3.63) is 41.2 Å². The van der Waals surface area contributed by atoms with Gasteiger partial charge in [0.1, 0.15) is 21.7 Å². The number of rotatable bonds is 2. The number of pyridine rings is 1. The highest BCUT2D eigenvalue weighted by molar-refractivity contribution is 7.20. The highest BCUT2D eigenvalue weighted by Crippen LogP contribution is 2.30. The summed E-state index contributed by atoms with van der Waals surface area (Å²) < 4.78 is 0. The lowest BCUT2D eigenvalue weighted by Crippen LogP contribution is -1.91. The van der Waals surface area contributed by atoms with Gasteiger partial charge in [0.15, 0.2) is 0 Å². The summed E-state index contributed by atoms with van der Waals surface area (Å²) in [6, 6.07) is 7.25. The van der Waals surface area contributed by atoms with E-state index in [9.17, 15) is 4.79 Å². The number of carbonyl (C=O) groups is 1. The molecule has 0 aliphatic rings. The van der Waals surface area contributed by atoms with E-state index in [4.69, 9.17) is 5.11 Å². The Labute approximate surface area is 112 Å². The maximum atomic E-state index is 11.0. The van der Waals surface area contributed by atoms with Gasteiger partial charge in [-0.25, -0.2) is 14.8 Å². The molecule has 19 heavy (non-hydrogen) atoms. The first-order valence-electron chi connectivity index (χ1n) is 5.57. The molecule has 94 valence electrons. The smallest absolute Gasteiger partial charge is 0.345 e. The molecule has 3 aromatic rings. The summed E-state index contributed by atoms with van der Waals surface area (Å²) in [6.07, 6.45) is 1.43. The molecule has 0 atom stereocenters. The number of carboxylic acids is 1. The molecule has 0 bridgehead atoms. The quantitative estimate of drug-likeness (QED) is 0.775. The number of nitrogens with zero attached hydrogens (tertiary/aromatic N) is 3. The molecule has 3 aromatic heterocycles. The molecule has 0 saturated heterocycles. The molecule has 0 unspecified atom stereocenters. The first-order chi connectivity index (χ1) is 9.15. The molecule has 5 nitrogen and oxygen atoms in total. The van der Waals surface area contributed by atoms with Crippen LogP contribution in [-0.2, 0) is 0 Å². The summed E-state index contributed by atoms with van der Waals surface area (Å²) in [5.74, 6) is -0.953. The molecule has 3 rings (SSSR count). The highest BCUT2D eigenvalue weighted by Gasteiger charge is 2.14. The van der Waals surface area contributed by atoms with E-state index in [1.54, 1.807) is 6.07 Å². The van der Waals surface area contributed by atoms with E-state index in [0.29, 0.717) is 10.5 Å². The Bertz CT molecular complexity index is 782. The molecule has 0 aliphatic carbocycles. The van der Waals surface area contributed by atoms with Crippen LogP contribution in [0.15, 0.2) is 30.6 Å². The number of aromatic carboxylic acids is 1. The minimum atomic E-state index is -0.953. The molecule has 0 fully saturated rings. The zero-order valence-electron chi connectivity index (χ0n) is 9.99. The van der Waals surface area contributed by atoms with Crippen molar-refractivity contribution in [3.63, 3.8) is 0 Å². The predicted octanol–water partition coefficient (Wildman–Crippen LogP) is 2.76. The van der Waals surface area contributed by atoms with Crippen LogP contribution in [0, 0.1) is 6.92 Å². The Hall–Kier alpha value is -2.34. The fraction of sp³-hybridized carbons (Fsp3) is 0.0769. The van der Waals surface area contributed by atoms with Crippen molar-refractivity contribution >= 4 is 27.5 Å². The molecule has 0 radical (unpaired) electrons. The average molecular weight is 271 g/mol. The minimum absolute atomic E-state index is 0.254. The van der Waals surface area contributed by atoms with Crippen LogP contribution in [0.5, 0.6) is 0 Å². The van der Waals surface area contributed by atoms with E-state index < -0.39 is 5.97 Å². The zero-order chi connectivity index (χ0) is 13.4. The third-order valence-corrected chi connectivity index (χ3v) is 3.70. The summed E-state index contributed by atoms with van der Waals surface area (Å²) in [4.78, 5) is 24.7. The standard InChI is InChI=1S/C13H9N3O2S/c1-7-3-2-4-9(16-7)11-8-5-10(13(17)18)19-12(8)15-6-14-11/h2-6H,1H3,(H,17,18). The SMILES string of the molecule is Cc1cccc(-c2ncnc3sc(C(=O)O)cc23)n1. The van der Waals surface area contributed by atoms with Crippen LogP contribution in [0.25, 0.3) is 21.6 Å². The van der Waals surface area contributed by atoms with Gasteiger partial charge < -0.3 is 5.11 Å². The second-order valence-electron chi connectivity index (χ2n) is 4.02. The summed E-state index contributed by atoms with van der Waals surface area (Å²) >= 11 is 1.14. The number of aryl methyl sites for hydroxylation is 1. The van der Waals surface area contributed by atoms with Crippen LogP contribution in [0.1, 0.15) is 15.4 Å². The summed E-state index contributed by atoms with van der Waals surface area (Å²) in [7, 11) is 0. The Kier molecular flexibility index (Phi) is 2.72. The monoisotopic (exact) mass is 271 g/mol. The molecule has 1 N–H and O–H groups in total. The number of aromatic nitrogens is 3. The third-order valence-electron chi connectivity index (χ3n) is 2.67. The van der Waals surface area contributed by atoms with E-state index in [2.05, 4.69) is 15.0 Å². The number of hydrogen-bond acceptors (Lipinski definition) is 5. The molecule has 0 aliphatic heterocycles. The number of fused-ring (bicyclic) bond motifs is 1. The highest BCUT2D eigenvalue weighted by atomic mass is 32.1. The second-order valence-corrected chi connectivity index (χ2v) is 5.05. The van der Waals surface area contributed by atoms with Gasteiger partial charge in [0.25, 0.3) is 0 Å². The maximum absolute atomic E-state index is 11.0. The summed E-state index contributed by atoms with van der Waals surface area (Å²) in [5.41, 5.74) is 2.28. The molecular weight excluding hydrogens is 262 g/mol. The van der Waals surface area contributed by atoms with Gasteiger partial charge in [0.05, 0.1) is 5.69 Å². The Balaban J connectivity index is 2.26. The van der Waals surface area contributed by atoms with E-state index >= 15 is 0 Å². The Morgan fingerprint density at radius 1 is 1.32 bits per heavy atom. The number of carboxylic acid groups (broad SMARTS) is 1. The van der Waals surface area contributed by atoms with E-state index in [1.165, 1.54) is 6.33 Å². The topological polar surface area (TPSA) is 76.0 Å². The van der Waals surface area contributed by atoms with Gasteiger partial charge in [-0.3, -0.25) is 4.98 Å². The van der Waals surface area contributed by atoms with Crippen LogP contribution in [0.2, 0.25) is 0 Å². The van der Waals surface area contributed by atoms with E-state index in [1.807, 2.05) is 25.1 Å². The van der Waals surface area contributed by atoms with E-state index in [-0.39, 0.29) is 4.88 Å². The first kappa shape index (κ1) is 11.7. The van der Waals surface area contributed by atoms with E-state index in [0.717, 1.165) is 28.1 Å². The largest absolute Gasteiger partial charge is 0.477 e. The second kappa shape index (κ2) is 4.40. The van der Waals surface area contributed by atoms with Crippen LogP contribution in [-0.4, -0.2) is 26.0 Å². The Morgan fingerprint density at radius 3 is 2.89 bits per heavy atom. The molecule has 6 heteroatoms. The fourth-order valence-corrected chi connectivity index (χ4v) is 2.68. The van der Waals surface area contributed by atoms with Crippen LogP contribution in [0.4, 0.5) is 0 Å². The summed E-state index contributed by atoms with van der Waals surface area (Å²) in [5, 5.41) is 9.76. The lowest BCUT2D eigenvalue weighted by atomic mass is 10.2. The van der Waals surface area contributed by atoms with Crippen molar-refractivity contribution in [3.8, 4) is 11.4 Å². The van der Waals surface area contributed by atoms with Crippen molar-refractivity contribution in [2.45, 2.75) is 6.92 Å². The predicted molar refractivity (Wildman–Crippen MR) is 72.3 cm³/mol. The third kappa shape index (κ3) is 2.06. The first-order valence-corrected chi connectivity index (χ1v) is 6.38. The van der Waals surface area contributed by atoms with Gasteiger partial charge in [-0.2, -0.15) is 0 Å². The normalized spacial score (nSPS) is 10.8. The van der Waals surface area contributed by atoms with Gasteiger partial charge in [0, 0.05) is 11.1 Å². The van der Waals surface area contributed by atoms with Crippen molar-refractivity contribution in [1.29, 1.82) is 0 Å². The average Bonchev–Trinajstić information content (AvgIpc) is 2.82. The van der Waals surface area contributed by atoms with Gasteiger partial charge in [0.2, 0.25) is 0 Å². The van der Waals surface area contributed by atoms with Crippen LogP contribution >= 0.6 is 11.3 Å². The number of hydrogen-bond donors (Lipinski definition) is 1. The van der Waals surface area contributed by atoms with Gasteiger partial charge in [-0.1, -0.05) is 6.07 Å². The molecule has 0 aromatic carbocycles. The van der Waals surface area contributed by atoms with Crippen molar-refractivity contribution < 1.29 is 9.90 Å². The zero-order valence-corrected chi connectivity index (χ0v) is 10.8. The van der Waals surface area contributed by atoms with Gasteiger partial charge in [-0.15, -0.1) is 11.3 Å². The summed E-state index contributed by atoms with van der Waals surface area (Å²) in [6.45, 7) is 1.90. The van der Waals surface area contributed by atoms with Crippen LogP contribution < -0.4 is 0 Å². The molecule has 0 saturated carbocycles. The minimum Gasteiger partial charge on any atom is -0.477 e. The number of thiophene rings is 1. The van der Waals surface area contributed by atoms with Crippen molar-refractivity contribution in [1.82, 2.24) is 15.0 Å². The van der Waals surface area contributed by atoms with Crippen LogP contribution in [0.3, 0.4) is 0 Å². The lowest BCUT2D eigenvalue weighted by molar-refractivity contribution is 0.0702. The molecule has 0 amide bonds. The van der Waals surface area contributed by atoms with Gasteiger partial charge >= 0.3 is 5.97 Å². The van der Waals surface area contributed by atoms with Crippen molar-refractivity contribution in [2.75, 3.05) is 0 Å². The Morgan fingerprint density at radius 2 is 2.16 bits per heavy atom. The van der Waals surface area contributed by atoms with Crippen molar-refractivity contribution in [2.24, 2.45) is 0 Å².